The number of carbonyl (C=O) groups excluding carboxylic acids is 1. The molecule has 0 radical (unpaired) electrons. The summed E-state index contributed by atoms with van der Waals surface area (Å²) in [6.45, 7) is 0.0658. The Balaban J connectivity index is 1.84. The van der Waals surface area contributed by atoms with E-state index in [1.807, 2.05) is 0 Å². The van der Waals surface area contributed by atoms with Crippen LogP contribution >= 0.6 is 0 Å². The Labute approximate surface area is 126 Å². The molecule has 1 atom stereocenters. The van der Waals surface area contributed by atoms with E-state index in [-0.39, 0.29) is 31.1 Å². The Hall–Kier alpha value is -1.63. The summed E-state index contributed by atoms with van der Waals surface area (Å²) in [6, 6.07) is 4.58. The monoisotopic (exact) mass is 318 g/mol. The number of hydrogen-bond donors (Lipinski definition) is 1. The third kappa shape index (κ3) is 4.43. The van der Waals surface area contributed by atoms with Crippen LogP contribution < -0.4 is 5.43 Å². The summed E-state index contributed by atoms with van der Waals surface area (Å²) in [5, 5.41) is 0.964. The van der Waals surface area contributed by atoms with Crippen LogP contribution in [0.4, 0.5) is 17.6 Å². The van der Waals surface area contributed by atoms with Gasteiger partial charge in [-0.3, -0.25) is 10.2 Å². The summed E-state index contributed by atoms with van der Waals surface area (Å²) in [5.74, 6) is -0.720. The second-order valence-electron chi connectivity index (χ2n) is 5.37. The minimum absolute atomic E-state index is 0.0658. The number of carbonyl (C=O) groups is 1. The molecule has 22 heavy (non-hydrogen) atoms. The predicted molar refractivity (Wildman–Crippen MR) is 73.3 cm³/mol. The number of benzene rings is 1. The average Bonchev–Trinajstić information content (AvgIpc) is 2.85. The highest BCUT2D eigenvalue weighted by molar-refractivity contribution is 5.77. The number of nitrogens with one attached hydrogen (secondary N) is 1. The molecule has 0 unspecified atom stereocenters. The van der Waals surface area contributed by atoms with Crippen LogP contribution in [0.3, 0.4) is 0 Å². The molecule has 122 valence electrons. The molecule has 1 N–H and O–H groups in total. The third-order valence-electron chi connectivity index (χ3n) is 3.73. The molecule has 2 rings (SSSR count). The topological polar surface area (TPSA) is 32.3 Å². The molecule has 0 saturated carbocycles. The van der Waals surface area contributed by atoms with Gasteiger partial charge in [0.15, 0.2) is 0 Å². The highest BCUT2D eigenvalue weighted by Gasteiger charge is 2.45. The Morgan fingerprint density at radius 1 is 1.23 bits per heavy atom. The maximum atomic E-state index is 13.4. The molecule has 0 spiro atoms. The Morgan fingerprint density at radius 3 is 2.55 bits per heavy atom. The predicted octanol–water partition coefficient (Wildman–Crippen LogP) is 3.21. The molecule has 3 nitrogen and oxygen atoms in total. The summed E-state index contributed by atoms with van der Waals surface area (Å²) < 4.78 is 52.6. The Kier molecular flexibility index (Phi) is 5.39. The molecule has 1 heterocycles. The zero-order valence-electron chi connectivity index (χ0n) is 12.0. The minimum atomic E-state index is -4.39. The molecule has 1 aliphatic rings. The molecule has 1 fully saturated rings. The van der Waals surface area contributed by atoms with Crippen molar-refractivity contribution in [3.63, 3.8) is 0 Å². The normalized spacial score (nSPS) is 17.5. The number of alkyl halides is 3. The van der Waals surface area contributed by atoms with Gasteiger partial charge in [0, 0.05) is 13.0 Å². The molecule has 1 amide bonds. The van der Waals surface area contributed by atoms with Crippen LogP contribution in [0.1, 0.15) is 31.2 Å². The van der Waals surface area contributed by atoms with Crippen LogP contribution in [0.25, 0.3) is 0 Å². The van der Waals surface area contributed by atoms with Crippen molar-refractivity contribution < 1.29 is 22.4 Å². The summed E-state index contributed by atoms with van der Waals surface area (Å²) in [6.07, 6.45) is -3.24. The fourth-order valence-electron chi connectivity index (χ4n) is 2.58. The van der Waals surface area contributed by atoms with Crippen LogP contribution in [0.15, 0.2) is 24.3 Å². The van der Waals surface area contributed by atoms with Crippen molar-refractivity contribution in [2.45, 2.75) is 44.3 Å². The van der Waals surface area contributed by atoms with Gasteiger partial charge in [-0.25, -0.2) is 9.40 Å². The van der Waals surface area contributed by atoms with Crippen LogP contribution in [0.2, 0.25) is 0 Å². The molecular formula is C15H18F4N2O. The first-order valence-electron chi connectivity index (χ1n) is 7.24. The van der Waals surface area contributed by atoms with Gasteiger partial charge in [0.1, 0.15) is 11.9 Å². The molecule has 0 bridgehead atoms. The Morgan fingerprint density at radius 2 is 1.95 bits per heavy atom. The maximum Gasteiger partial charge on any atom is 0.405 e. The van der Waals surface area contributed by atoms with Crippen LogP contribution in [0, 0.1) is 5.82 Å². The number of aryl methyl sites for hydroxylation is 1. The van der Waals surface area contributed by atoms with Gasteiger partial charge in [-0.05, 0) is 30.9 Å². The number of hydrazine groups is 1. The minimum Gasteiger partial charge on any atom is -0.288 e. The van der Waals surface area contributed by atoms with Gasteiger partial charge < -0.3 is 0 Å². The van der Waals surface area contributed by atoms with Gasteiger partial charge in [-0.15, -0.1) is 0 Å². The molecule has 1 saturated heterocycles. The van der Waals surface area contributed by atoms with Crippen molar-refractivity contribution in [3.8, 4) is 0 Å². The van der Waals surface area contributed by atoms with Crippen LogP contribution in [0.5, 0.6) is 0 Å². The van der Waals surface area contributed by atoms with Gasteiger partial charge in [0.25, 0.3) is 0 Å². The first-order chi connectivity index (χ1) is 10.4. The van der Waals surface area contributed by atoms with Gasteiger partial charge in [-0.1, -0.05) is 24.6 Å². The fourth-order valence-corrected chi connectivity index (χ4v) is 2.58. The zero-order chi connectivity index (χ0) is 16.2. The van der Waals surface area contributed by atoms with E-state index < -0.39 is 12.2 Å². The van der Waals surface area contributed by atoms with Gasteiger partial charge >= 0.3 is 6.18 Å². The van der Waals surface area contributed by atoms with Crippen LogP contribution in [-0.4, -0.2) is 29.7 Å². The molecule has 7 heteroatoms. The van der Waals surface area contributed by atoms with E-state index in [4.69, 9.17) is 0 Å². The third-order valence-corrected chi connectivity index (χ3v) is 3.73. The summed E-state index contributed by atoms with van der Waals surface area (Å²) in [7, 11) is 0. The summed E-state index contributed by atoms with van der Waals surface area (Å²) in [4.78, 5) is 11.1. The Bertz CT molecular complexity index is 519. The van der Waals surface area contributed by atoms with Crippen molar-refractivity contribution in [2.24, 2.45) is 0 Å². The smallest absolute Gasteiger partial charge is 0.288 e. The van der Waals surface area contributed by atoms with E-state index in [0.29, 0.717) is 24.8 Å². The number of unbranched alkanes of at least 4 members (excludes halogenated alkanes) is 1. The average molecular weight is 318 g/mol. The van der Waals surface area contributed by atoms with Crippen molar-refractivity contribution in [3.05, 3.63) is 35.6 Å². The SMILES string of the molecule is O=C1CCN([C@@H](CCCCc2ccccc2F)C(F)(F)F)N1. The van der Waals surface area contributed by atoms with Gasteiger partial charge in [0.05, 0.1) is 0 Å². The molecule has 0 aromatic heterocycles. The maximum absolute atomic E-state index is 13.4. The molecule has 1 aliphatic heterocycles. The molecule has 0 aliphatic carbocycles. The van der Waals surface area contributed by atoms with E-state index in [2.05, 4.69) is 5.43 Å². The lowest BCUT2D eigenvalue weighted by Gasteiger charge is -2.28. The van der Waals surface area contributed by atoms with Gasteiger partial charge in [-0.2, -0.15) is 13.2 Å². The number of halogens is 4. The summed E-state index contributed by atoms with van der Waals surface area (Å²) in [5.41, 5.74) is 2.76. The van der Waals surface area contributed by atoms with Crippen molar-refractivity contribution >= 4 is 5.91 Å². The quantitative estimate of drug-likeness (QED) is 0.645. The van der Waals surface area contributed by atoms with Crippen LogP contribution in [-0.2, 0) is 11.2 Å². The second-order valence-corrected chi connectivity index (χ2v) is 5.37. The first-order valence-corrected chi connectivity index (χ1v) is 7.24. The van der Waals surface area contributed by atoms with E-state index in [1.54, 1.807) is 18.2 Å². The lowest BCUT2D eigenvalue weighted by molar-refractivity contribution is -0.190. The van der Waals surface area contributed by atoms with E-state index in [9.17, 15) is 22.4 Å². The molecular weight excluding hydrogens is 300 g/mol. The highest BCUT2D eigenvalue weighted by atomic mass is 19.4. The lowest BCUT2D eigenvalue weighted by Crippen LogP contribution is -2.49. The lowest BCUT2D eigenvalue weighted by atomic mass is 10.0. The van der Waals surface area contributed by atoms with Crippen molar-refractivity contribution in [1.82, 2.24) is 10.4 Å². The largest absolute Gasteiger partial charge is 0.405 e. The molecule has 1 aromatic carbocycles. The van der Waals surface area contributed by atoms with Gasteiger partial charge in [0.2, 0.25) is 5.91 Å². The van der Waals surface area contributed by atoms with E-state index >= 15 is 0 Å². The van der Waals surface area contributed by atoms with Crippen molar-refractivity contribution in [1.29, 1.82) is 0 Å². The highest BCUT2D eigenvalue weighted by Crippen LogP contribution is 2.29. The number of amides is 1. The van der Waals surface area contributed by atoms with E-state index in [1.165, 1.54) is 6.07 Å². The molecule has 1 aromatic rings. The first kappa shape index (κ1) is 16.7. The number of rotatable bonds is 6. The number of nitrogens with zero attached hydrogens (tertiary/aromatic N) is 1. The van der Waals surface area contributed by atoms with E-state index in [0.717, 1.165) is 5.01 Å². The van der Waals surface area contributed by atoms with Crippen molar-refractivity contribution in [2.75, 3.05) is 6.54 Å². The fraction of sp³-hybridized carbons (Fsp3) is 0.533. The standard InChI is InChI=1S/C15H18F4N2O/c16-12-7-3-1-5-11(12)6-2-4-8-13(15(17,18)19)21-10-9-14(22)20-21/h1,3,5,7,13H,2,4,6,8-10H2,(H,20,22)/t13-/m0/s1. The number of hydrogen-bond acceptors (Lipinski definition) is 2. The zero-order valence-corrected chi connectivity index (χ0v) is 12.0. The second kappa shape index (κ2) is 7.09. The summed E-state index contributed by atoms with van der Waals surface area (Å²) >= 11 is 0.